The van der Waals surface area contributed by atoms with Crippen molar-refractivity contribution < 1.29 is 73.4 Å². The summed E-state index contributed by atoms with van der Waals surface area (Å²) in [5, 5.41) is 24.1. The van der Waals surface area contributed by atoms with Crippen LogP contribution in [0.5, 0.6) is 0 Å². The Kier molecular flexibility index (Phi) is 11.0. The molecule has 0 unspecified atom stereocenters. The van der Waals surface area contributed by atoms with Crippen LogP contribution in [0.3, 0.4) is 0 Å². The Morgan fingerprint density at radius 1 is 1.15 bits per heavy atom. The molecule has 3 aromatic rings. The number of thiophene rings is 1. The zero-order chi connectivity index (χ0) is 28.5. The third-order valence-electron chi connectivity index (χ3n) is 6.85. The predicted molar refractivity (Wildman–Crippen MR) is 152 cm³/mol. The third-order valence-corrected chi connectivity index (χ3v) is 7.99. The number of ether oxygens (including phenoxy) is 1. The quantitative estimate of drug-likeness (QED) is 0.274. The maximum absolute atomic E-state index is 14.0. The molecule has 2 aromatic carbocycles. The number of carboxylic acid groups (broad SMARTS) is 1. The molecule has 1 aromatic heterocycles. The molecule has 2 atom stereocenters. The van der Waals surface area contributed by atoms with Crippen molar-refractivity contribution in [2.45, 2.75) is 46.3 Å². The monoisotopic (exact) mass is 797 g/mol. The van der Waals surface area contributed by atoms with E-state index >= 15 is 0 Å². The van der Waals surface area contributed by atoms with Crippen LogP contribution in [0.1, 0.15) is 58.3 Å². The third kappa shape index (κ3) is 7.15. The van der Waals surface area contributed by atoms with Crippen molar-refractivity contribution >= 4 is 52.1 Å². The van der Waals surface area contributed by atoms with Crippen molar-refractivity contribution in [1.82, 2.24) is 0 Å². The van der Waals surface area contributed by atoms with Gasteiger partial charge in [0.1, 0.15) is 17.1 Å². The molecule has 2 heterocycles. The fraction of sp³-hybridized carbons (Fsp3) is 0.345. The van der Waals surface area contributed by atoms with E-state index in [4.69, 9.17) is 16.3 Å². The number of benzene rings is 2. The van der Waals surface area contributed by atoms with Gasteiger partial charge in [-0.1, -0.05) is 43.6 Å². The number of hydrogen-bond acceptors (Lipinski definition) is 6. The number of anilines is 2. The average molecular weight is 798 g/mol. The minimum Gasteiger partial charge on any atom is -0.477 e. The Morgan fingerprint density at radius 2 is 1.88 bits per heavy atom. The molecule has 0 saturated heterocycles. The minimum absolute atomic E-state index is 0. The molecule has 0 bridgehead atoms. The first-order chi connectivity index (χ1) is 18.4. The van der Waals surface area contributed by atoms with Crippen molar-refractivity contribution in [3.05, 3.63) is 80.0 Å². The predicted octanol–water partition coefficient (Wildman–Crippen LogP) is 5.59. The van der Waals surface area contributed by atoms with Crippen LogP contribution in [0.2, 0.25) is 5.02 Å². The SMILES string of the molecule is Cc1cccc([C@H]2O[C@H](CC(=O)Nc3ccsc3C(=O)O)C(=O)N(CC(C)(C)CO)c3ccc(Cl)cc32)c1C.[Ac]. The number of amides is 2. The van der Waals surface area contributed by atoms with Crippen molar-refractivity contribution in [3.63, 3.8) is 0 Å². The maximum Gasteiger partial charge on any atom is 0.348 e. The molecule has 209 valence electrons. The van der Waals surface area contributed by atoms with E-state index in [0.717, 1.165) is 28.0 Å². The molecular weight excluding hydrogens is 767 g/mol. The van der Waals surface area contributed by atoms with Gasteiger partial charge in [0.2, 0.25) is 5.91 Å². The van der Waals surface area contributed by atoms with Crippen LogP contribution < -0.4 is 10.2 Å². The van der Waals surface area contributed by atoms with Gasteiger partial charge in [-0.05, 0) is 60.2 Å². The molecule has 1 aliphatic rings. The van der Waals surface area contributed by atoms with E-state index in [0.29, 0.717) is 16.3 Å². The van der Waals surface area contributed by atoms with Gasteiger partial charge >= 0.3 is 5.97 Å². The second-order valence-corrected chi connectivity index (χ2v) is 11.8. The first-order valence-electron chi connectivity index (χ1n) is 12.5. The van der Waals surface area contributed by atoms with Crippen LogP contribution in [0.15, 0.2) is 47.8 Å². The maximum atomic E-state index is 14.0. The Hall–Kier alpha value is -1.80. The van der Waals surface area contributed by atoms with Crippen LogP contribution in [0.4, 0.5) is 11.4 Å². The normalized spacial score (nSPS) is 17.1. The van der Waals surface area contributed by atoms with E-state index in [2.05, 4.69) is 5.32 Å². The van der Waals surface area contributed by atoms with Gasteiger partial charge in [0.15, 0.2) is 0 Å². The second-order valence-electron chi connectivity index (χ2n) is 10.5. The molecule has 11 heteroatoms. The number of aromatic carboxylic acids is 1. The van der Waals surface area contributed by atoms with E-state index in [-0.39, 0.29) is 74.2 Å². The van der Waals surface area contributed by atoms with Gasteiger partial charge in [-0.2, -0.15) is 0 Å². The molecule has 0 aliphatic carbocycles. The molecule has 0 saturated carbocycles. The fourth-order valence-electron chi connectivity index (χ4n) is 4.59. The first kappa shape index (κ1) is 32.7. The Labute approximate surface area is 278 Å². The number of halogens is 1. The number of nitrogens with zero attached hydrogens (tertiary/aromatic N) is 1. The van der Waals surface area contributed by atoms with Gasteiger partial charge in [0, 0.05) is 78.9 Å². The van der Waals surface area contributed by atoms with Crippen molar-refractivity contribution in [3.8, 4) is 0 Å². The molecule has 8 nitrogen and oxygen atoms in total. The summed E-state index contributed by atoms with van der Waals surface area (Å²) in [6, 6.07) is 12.6. The van der Waals surface area contributed by atoms with Crippen molar-refractivity contribution in [1.29, 1.82) is 0 Å². The van der Waals surface area contributed by atoms with E-state index in [1.54, 1.807) is 28.5 Å². The van der Waals surface area contributed by atoms with Gasteiger partial charge in [0.25, 0.3) is 5.91 Å². The van der Waals surface area contributed by atoms with E-state index in [1.807, 2.05) is 45.9 Å². The van der Waals surface area contributed by atoms with Gasteiger partial charge in [-0.25, -0.2) is 4.79 Å². The standard InChI is InChI=1S/C29H31ClN2O6S.Ac/c1-16-6-5-7-19(17(16)2)25-20-12-18(30)8-9-22(20)32(14-29(3,4)15-33)27(35)23(38-25)13-24(34)31-21-10-11-39-26(21)28(36)37;/h5-12,23,25,33H,13-15H2,1-4H3,(H,31,34)(H,36,37);/t23-,25-;/m1./s1. The summed E-state index contributed by atoms with van der Waals surface area (Å²) in [5.41, 5.74) is 3.65. The summed E-state index contributed by atoms with van der Waals surface area (Å²) in [6.07, 6.45) is -2.24. The number of rotatable bonds is 8. The molecule has 1 radical (unpaired) electrons. The Bertz CT molecular complexity index is 1430. The van der Waals surface area contributed by atoms with E-state index in [9.17, 15) is 24.6 Å². The molecule has 3 N–H and O–H groups in total. The number of nitrogens with one attached hydrogen (secondary N) is 1. The smallest absolute Gasteiger partial charge is 0.348 e. The number of aryl methyl sites for hydroxylation is 1. The van der Waals surface area contributed by atoms with Gasteiger partial charge in [-0.3, -0.25) is 9.59 Å². The summed E-state index contributed by atoms with van der Waals surface area (Å²) in [6.45, 7) is 7.66. The van der Waals surface area contributed by atoms with Gasteiger partial charge in [-0.15, -0.1) is 11.3 Å². The number of fused-ring (bicyclic) bond motifs is 1. The number of carbonyl (C=O) groups excluding carboxylic acids is 2. The second kappa shape index (κ2) is 13.5. The zero-order valence-corrected chi connectivity index (χ0v) is 29.1. The van der Waals surface area contributed by atoms with Gasteiger partial charge in [0.05, 0.1) is 12.1 Å². The van der Waals surface area contributed by atoms with Crippen LogP contribution in [-0.4, -0.2) is 47.3 Å². The first-order valence-corrected chi connectivity index (χ1v) is 13.7. The molecule has 0 fully saturated rings. The molecule has 2 amide bonds. The van der Waals surface area contributed by atoms with Gasteiger partial charge < -0.3 is 25.2 Å². The Balaban J connectivity index is 0.00000441. The summed E-state index contributed by atoms with van der Waals surface area (Å²) >= 11 is 7.42. The fourth-order valence-corrected chi connectivity index (χ4v) is 5.46. The molecule has 40 heavy (non-hydrogen) atoms. The molecule has 4 rings (SSSR count). The van der Waals surface area contributed by atoms with E-state index in [1.165, 1.54) is 6.07 Å². The number of aliphatic hydroxyl groups excluding tert-OH is 1. The van der Waals surface area contributed by atoms with Crippen molar-refractivity contribution in [2.75, 3.05) is 23.4 Å². The number of carbonyl (C=O) groups is 3. The average Bonchev–Trinajstić information content (AvgIpc) is 3.31. The summed E-state index contributed by atoms with van der Waals surface area (Å²) in [4.78, 5) is 40.2. The summed E-state index contributed by atoms with van der Waals surface area (Å²) in [5.74, 6) is -2.15. The number of hydrogen-bond donors (Lipinski definition) is 3. The van der Waals surface area contributed by atoms with Crippen LogP contribution >= 0.6 is 22.9 Å². The summed E-state index contributed by atoms with van der Waals surface area (Å²) in [7, 11) is 0. The van der Waals surface area contributed by atoms with E-state index < -0.39 is 35.4 Å². The van der Waals surface area contributed by atoms with Crippen molar-refractivity contribution in [2.24, 2.45) is 5.41 Å². The molecular formula is C29H31AcClN2O6S. The summed E-state index contributed by atoms with van der Waals surface area (Å²) < 4.78 is 6.49. The molecule has 0 spiro atoms. The largest absolute Gasteiger partial charge is 0.477 e. The number of carboxylic acids is 1. The van der Waals surface area contributed by atoms with Crippen LogP contribution in [-0.2, 0) is 14.3 Å². The Morgan fingerprint density at radius 3 is 2.55 bits per heavy atom. The van der Waals surface area contributed by atoms with Crippen LogP contribution in [0, 0.1) is 63.3 Å². The molecule has 1 aliphatic heterocycles. The number of aliphatic hydroxyl groups is 1. The minimum atomic E-state index is -1.19. The zero-order valence-electron chi connectivity index (χ0n) is 22.7. The van der Waals surface area contributed by atoms with Crippen LogP contribution in [0.25, 0.3) is 0 Å². The topological polar surface area (TPSA) is 116 Å².